The van der Waals surface area contributed by atoms with E-state index >= 15 is 0 Å². The van der Waals surface area contributed by atoms with E-state index in [2.05, 4.69) is 25.1 Å². The van der Waals surface area contributed by atoms with E-state index in [4.69, 9.17) is 11.5 Å². The Morgan fingerprint density at radius 1 is 1.46 bits per heavy atom. The smallest absolute Gasteiger partial charge is 0.0445 e. The fourth-order valence-electron chi connectivity index (χ4n) is 1.29. The van der Waals surface area contributed by atoms with Crippen LogP contribution in [0.25, 0.3) is 0 Å². The molecule has 0 saturated carbocycles. The van der Waals surface area contributed by atoms with Gasteiger partial charge in [-0.2, -0.15) is 0 Å². The van der Waals surface area contributed by atoms with Gasteiger partial charge in [0.15, 0.2) is 0 Å². The number of nitrogens with one attached hydrogen (secondary N) is 1. The molecule has 0 aliphatic rings. The Labute approximate surface area is 81.7 Å². The zero-order chi connectivity index (χ0) is 10.1. The predicted molar refractivity (Wildman–Crippen MR) is 56.4 cm³/mol. The van der Waals surface area contributed by atoms with Gasteiger partial charge in [-0.25, -0.2) is 0 Å². The molecule has 0 radical (unpaired) electrons. The number of aliphatic hydroxyl groups excluding tert-OH is 1. The Morgan fingerprint density at radius 3 is 2.62 bits per heavy atom. The first-order valence-corrected chi connectivity index (χ1v) is 5.00. The van der Waals surface area contributed by atoms with Crippen molar-refractivity contribution >= 4 is 0 Å². The Hall–Kier alpha value is -0.520. The van der Waals surface area contributed by atoms with E-state index in [0.717, 1.165) is 25.8 Å². The first kappa shape index (κ1) is 12.5. The third kappa shape index (κ3) is 6.62. The molecular formula is C11H21NO. The van der Waals surface area contributed by atoms with Gasteiger partial charge in [0.05, 0.1) is 0 Å². The maximum atomic E-state index is 8.82. The average molecular weight is 183 g/mol. The monoisotopic (exact) mass is 183 g/mol. The highest BCUT2D eigenvalue weighted by molar-refractivity contribution is 4.83. The molecule has 0 saturated heterocycles. The quantitative estimate of drug-likeness (QED) is 0.462. The van der Waals surface area contributed by atoms with Crippen molar-refractivity contribution in [2.75, 3.05) is 13.2 Å². The van der Waals surface area contributed by atoms with Crippen molar-refractivity contribution in [1.29, 1.82) is 0 Å². The maximum absolute atomic E-state index is 8.82. The van der Waals surface area contributed by atoms with E-state index < -0.39 is 0 Å². The second-order valence-electron chi connectivity index (χ2n) is 3.62. The van der Waals surface area contributed by atoms with Crippen LogP contribution in [0.5, 0.6) is 0 Å². The number of unbranched alkanes of at least 4 members (excludes halogenated alkanes) is 1. The number of hydrogen-bond donors (Lipinski definition) is 2. The summed E-state index contributed by atoms with van der Waals surface area (Å²) in [5, 5.41) is 12.2. The third-order valence-electron chi connectivity index (χ3n) is 2.15. The summed E-state index contributed by atoms with van der Waals surface area (Å²) in [7, 11) is 0. The van der Waals surface area contributed by atoms with Crippen molar-refractivity contribution in [3.05, 3.63) is 0 Å². The molecule has 0 aromatic heterocycles. The molecular weight excluding hydrogens is 162 g/mol. The van der Waals surface area contributed by atoms with E-state index in [1.165, 1.54) is 0 Å². The molecule has 0 aromatic rings. The van der Waals surface area contributed by atoms with Gasteiger partial charge in [-0.3, -0.25) is 0 Å². The molecule has 0 heterocycles. The minimum Gasteiger partial charge on any atom is -0.396 e. The number of aliphatic hydroxyl groups is 1. The Bertz CT molecular complexity index is 149. The molecule has 0 spiro atoms. The summed E-state index contributed by atoms with van der Waals surface area (Å²) in [5.41, 5.74) is 0. The molecule has 2 N–H and O–H groups in total. The Balaban J connectivity index is 3.52. The van der Waals surface area contributed by atoms with Crippen LogP contribution in [0, 0.1) is 18.3 Å². The number of terminal acetylenes is 1. The van der Waals surface area contributed by atoms with Gasteiger partial charge in [-0.1, -0.05) is 13.8 Å². The lowest BCUT2D eigenvalue weighted by Crippen LogP contribution is -2.35. The standard InChI is InChI=1S/C11H21NO/c1-4-5-6-8-12-11(7-9-13)10(2)3/h1,10-13H,5-9H2,2-3H3. The lowest BCUT2D eigenvalue weighted by molar-refractivity contribution is 0.244. The third-order valence-corrected chi connectivity index (χ3v) is 2.15. The molecule has 2 nitrogen and oxygen atoms in total. The van der Waals surface area contributed by atoms with Crippen LogP contribution in [0.4, 0.5) is 0 Å². The molecule has 0 rings (SSSR count). The van der Waals surface area contributed by atoms with Crippen molar-refractivity contribution in [1.82, 2.24) is 5.32 Å². The molecule has 0 aliphatic carbocycles. The molecule has 0 bridgehead atoms. The molecule has 1 unspecified atom stereocenters. The zero-order valence-corrected chi connectivity index (χ0v) is 8.71. The van der Waals surface area contributed by atoms with Gasteiger partial charge >= 0.3 is 0 Å². The van der Waals surface area contributed by atoms with E-state index in [0.29, 0.717) is 12.0 Å². The van der Waals surface area contributed by atoms with Crippen molar-refractivity contribution < 1.29 is 5.11 Å². The van der Waals surface area contributed by atoms with Gasteiger partial charge in [-0.15, -0.1) is 12.3 Å². The summed E-state index contributed by atoms with van der Waals surface area (Å²) in [6.07, 6.45) is 7.82. The van der Waals surface area contributed by atoms with Crippen LogP contribution in [-0.2, 0) is 0 Å². The van der Waals surface area contributed by atoms with Crippen molar-refractivity contribution in [2.45, 2.75) is 39.2 Å². The largest absolute Gasteiger partial charge is 0.396 e. The normalized spacial score (nSPS) is 12.8. The van der Waals surface area contributed by atoms with Crippen LogP contribution < -0.4 is 5.32 Å². The number of rotatable bonds is 7. The summed E-state index contributed by atoms with van der Waals surface area (Å²) >= 11 is 0. The van der Waals surface area contributed by atoms with Gasteiger partial charge in [0.25, 0.3) is 0 Å². The molecule has 76 valence electrons. The predicted octanol–water partition coefficient (Wildman–Crippen LogP) is 1.40. The fraction of sp³-hybridized carbons (Fsp3) is 0.818. The van der Waals surface area contributed by atoms with Crippen molar-refractivity contribution in [3.63, 3.8) is 0 Å². The van der Waals surface area contributed by atoms with Crippen LogP contribution in [0.1, 0.15) is 33.1 Å². The zero-order valence-electron chi connectivity index (χ0n) is 8.71. The van der Waals surface area contributed by atoms with Gasteiger partial charge in [-0.05, 0) is 25.3 Å². The highest BCUT2D eigenvalue weighted by Crippen LogP contribution is 2.05. The highest BCUT2D eigenvalue weighted by atomic mass is 16.3. The summed E-state index contributed by atoms with van der Waals surface area (Å²) < 4.78 is 0. The molecule has 0 aliphatic heterocycles. The lowest BCUT2D eigenvalue weighted by atomic mass is 10.0. The van der Waals surface area contributed by atoms with Crippen molar-refractivity contribution in [2.24, 2.45) is 5.92 Å². The minimum absolute atomic E-state index is 0.255. The second kappa shape index (κ2) is 8.10. The first-order valence-electron chi connectivity index (χ1n) is 5.00. The molecule has 0 aromatic carbocycles. The van der Waals surface area contributed by atoms with Gasteiger partial charge in [0.1, 0.15) is 0 Å². The van der Waals surface area contributed by atoms with Crippen LogP contribution >= 0.6 is 0 Å². The topological polar surface area (TPSA) is 32.3 Å². The summed E-state index contributed by atoms with van der Waals surface area (Å²) in [6.45, 7) is 5.53. The van der Waals surface area contributed by atoms with Crippen LogP contribution in [0.3, 0.4) is 0 Å². The molecule has 13 heavy (non-hydrogen) atoms. The Kier molecular flexibility index (Phi) is 7.77. The van der Waals surface area contributed by atoms with Gasteiger partial charge in [0.2, 0.25) is 0 Å². The first-order chi connectivity index (χ1) is 6.22. The molecule has 2 heteroatoms. The van der Waals surface area contributed by atoms with E-state index in [9.17, 15) is 0 Å². The average Bonchev–Trinajstić information content (AvgIpc) is 2.10. The summed E-state index contributed by atoms with van der Waals surface area (Å²) in [5.74, 6) is 3.18. The molecule has 0 fully saturated rings. The summed E-state index contributed by atoms with van der Waals surface area (Å²) in [6, 6.07) is 0.419. The van der Waals surface area contributed by atoms with Crippen LogP contribution in [-0.4, -0.2) is 24.3 Å². The molecule has 0 amide bonds. The molecule has 1 atom stereocenters. The van der Waals surface area contributed by atoms with E-state index in [1.54, 1.807) is 0 Å². The maximum Gasteiger partial charge on any atom is 0.0445 e. The number of hydrogen-bond acceptors (Lipinski definition) is 2. The van der Waals surface area contributed by atoms with Crippen molar-refractivity contribution in [3.8, 4) is 12.3 Å². The van der Waals surface area contributed by atoms with E-state index in [-0.39, 0.29) is 6.61 Å². The van der Waals surface area contributed by atoms with Gasteiger partial charge in [0, 0.05) is 19.1 Å². The highest BCUT2D eigenvalue weighted by Gasteiger charge is 2.10. The van der Waals surface area contributed by atoms with Crippen LogP contribution in [0.15, 0.2) is 0 Å². The summed E-state index contributed by atoms with van der Waals surface area (Å²) in [4.78, 5) is 0. The fourth-order valence-corrected chi connectivity index (χ4v) is 1.29. The minimum atomic E-state index is 0.255. The second-order valence-corrected chi connectivity index (χ2v) is 3.62. The lowest BCUT2D eigenvalue weighted by Gasteiger charge is -2.21. The Morgan fingerprint density at radius 2 is 2.15 bits per heavy atom. The van der Waals surface area contributed by atoms with Crippen LogP contribution in [0.2, 0.25) is 0 Å². The SMILES string of the molecule is C#CCCCNC(CCO)C(C)C. The van der Waals surface area contributed by atoms with E-state index in [1.807, 2.05) is 0 Å². The van der Waals surface area contributed by atoms with Gasteiger partial charge < -0.3 is 10.4 Å².